The minimum atomic E-state index is -0.424. The number of nitrogens with one attached hydrogen (secondary N) is 2. The van der Waals surface area contributed by atoms with Crippen LogP contribution in [0.25, 0.3) is 0 Å². The predicted molar refractivity (Wildman–Crippen MR) is 115 cm³/mol. The second kappa shape index (κ2) is 8.16. The summed E-state index contributed by atoms with van der Waals surface area (Å²) in [4.78, 5) is 26.1. The standard InChI is InChI=1S/C22H28N2O4S/c1-21(2)13-15-17(20(26)27-5)19(29-18(15)22(3,4)24-21)23-16(25)11-12-28-14-9-7-6-8-10-14/h6-10,24H,11-13H2,1-5H3,(H,23,25). The Bertz CT molecular complexity index is 903. The van der Waals surface area contributed by atoms with Crippen LogP contribution in [-0.2, 0) is 21.5 Å². The highest BCUT2D eigenvalue weighted by Crippen LogP contribution is 2.45. The van der Waals surface area contributed by atoms with Crippen LogP contribution < -0.4 is 15.4 Å². The fourth-order valence-electron chi connectivity index (χ4n) is 3.90. The number of methoxy groups -OCH3 is 1. The van der Waals surface area contributed by atoms with Crippen LogP contribution in [0.4, 0.5) is 5.00 Å². The van der Waals surface area contributed by atoms with E-state index in [1.165, 1.54) is 18.4 Å². The Labute approximate surface area is 175 Å². The highest BCUT2D eigenvalue weighted by molar-refractivity contribution is 7.17. The van der Waals surface area contributed by atoms with E-state index >= 15 is 0 Å². The molecule has 6 nitrogen and oxygen atoms in total. The zero-order valence-electron chi connectivity index (χ0n) is 17.5. The molecule has 0 unspecified atom stereocenters. The van der Waals surface area contributed by atoms with E-state index in [1.54, 1.807) is 0 Å². The van der Waals surface area contributed by atoms with Crippen molar-refractivity contribution >= 4 is 28.2 Å². The topological polar surface area (TPSA) is 76.7 Å². The van der Waals surface area contributed by atoms with Crippen molar-refractivity contribution in [2.45, 2.75) is 51.6 Å². The number of hydrogen-bond donors (Lipinski definition) is 2. The van der Waals surface area contributed by atoms with E-state index in [2.05, 4.69) is 38.3 Å². The molecule has 1 aromatic heterocycles. The summed E-state index contributed by atoms with van der Waals surface area (Å²) in [5.41, 5.74) is 0.925. The highest BCUT2D eigenvalue weighted by atomic mass is 32.1. The van der Waals surface area contributed by atoms with Gasteiger partial charge in [-0.1, -0.05) is 18.2 Å². The number of anilines is 1. The maximum Gasteiger partial charge on any atom is 0.341 e. The summed E-state index contributed by atoms with van der Waals surface area (Å²) in [6.07, 6.45) is 0.866. The van der Waals surface area contributed by atoms with E-state index in [0.29, 0.717) is 17.0 Å². The Morgan fingerprint density at radius 3 is 2.52 bits per heavy atom. The predicted octanol–water partition coefficient (Wildman–Crippen LogP) is 4.10. The average Bonchev–Trinajstić information content (AvgIpc) is 2.99. The van der Waals surface area contributed by atoms with Crippen molar-refractivity contribution in [1.82, 2.24) is 5.32 Å². The number of thiophene rings is 1. The molecule has 0 aliphatic carbocycles. The summed E-state index contributed by atoms with van der Waals surface area (Å²) in [7, 11) is 1.36. The van der Waals surface area contributed by atoms with Crippen LogP contribution in [-0.4, -0.2) is 31.1 Å². The van der Waals surface area contributed by atoms with E-state index in [4.69, 9.17) is 9.47 Å². The highest BCUT2D eigenvalue weighted by Gasteiger charge is 2.42. The van der Waals surface area contributed by atoms with Gasteiger partial charge in [0.25, 0.3) is 0 Å². The number of rotatable bonds is 6. The van der Waals surface area contributed by atoms with Gasteiger partial charge < -0.3 is 20.1 Å². The van der Waals surface area contributed by atoms with Gasteiger partial charge in [0, 0.05) is 16.0 Å². The summed E-state index contributed by atoms with van der Waals surface area (Å²) >= 11 is 1.44. The Morgan fingerprint density at radius 2 is 1.86 bits per heavy atom. The lowest BCUT2D eigenvalue weighted by atomic mass is 9.81. The van der Waals surface area contributed by atoms with Gasteiger partial charge in [-0.25, -0.2) is 4.79 Å². The molecule has 0 spiro atoms. The molecule has 1 aromatic carbocycles. The number of esters is 1. The fourth-order valence-corrected chi connectivity index (χ4v) is 5.18. The molecule has 2 N–H and O–H groups in total. The van der Waals surface area contributed by atoms with Crippen molar-refractivity contribution in [2.75, 3.05) is 19.0 Å². The quantitative estimate of drug-likeness (QED) is 0.694. The molecule has 156 valence electrons. The van der Waals surface area contributed by atoms with Crippen LogP contribution >= 0.6 is 11.3 Å². The van der Waals surface area contributed by atoms with Gasteiger partial charge in [0.1, 0.15) is 10.8 Å². The molecule has 2 heterocycles. The number of amides is 1. The number of fused-ring (bicyclic) bond motifs is 1. The number of carbonyl (C=O) groups is 2. The zero-order valence-corrected chi connectivity index (χ0v) is 18.4. The number of hydrogen-bond acceptors (Lipinski definition) is 6. The van der Waals surface area contributed by atoms with Crippen molar-refractivity contribution in [3.8, 4) is 5.75 Å². The minimum absolute atomic E-state index is 0.175. The van der Waals surface area contributed by atoms with Crippen LogP contribution in [0.5, 0.6) is 5.75 Å². The summed E-state index contributed by atoms with van der Waals surface area (Å²) < 4.78 is 10.6. The Balaban J connectivity index is 1.79. The van der Waals surface area contributed by atoms with Gasteiger partial charge >= 0.3 is 5.97 Å². The van der Waals surface area contributed by atoms with E-state index in [1.807, 2.05) is 30.3 Å². The molecule has 29 heavy (non-hydrogen) atoms. The summed E-state index contributed by atoms with van der Waals surface area (Å²) in [6.45, 7) is 8.65. The number of para-hydroxylation sites is 1. The average molecular weight is 417 g/mol. The lowest BCUT2D eigenvalue weighted by Gasteiger charge is -2.42. The summed E-state index contributed by atoms with van der Waals surface area (Å²) in [6, 6.07) is 9.36. The zero-order chi connectivity index (χ0) is 21.2. The molecule has 0 saturated carbocycles. The molecule has 2 aromatic rings. The minimum Gasteiger partial charge on any atom is -0.493 e. The maximum absolute atomic E-state index is 12.6. The van der Waals surface area contributed by atoms with E-state index in [9.17, 15) is 9.59 Å². The van der Waals surface area contributed by atoms with Crippen LogP contribution in [0.3, 0.4) is 0 Å². The van der Waals surface area contributed by atoms with Crippen molar-refractivity contribution in [3.05, 3.63) is 46.3 Å². The van der Waals surface area contributed by atoms with Crippen molar-refractivity contribution in [1.29, 1.82) is 0 Å². The Morgan fingerprint density at radius 1 is 1.17 bits per heavy atom. The summed E-state index contributed by atoms with van der Waals surface area (Å²) in [5.74, 6) is 0.0961. The lowest BCUT2D eigenvalue weighted by molar-refractivity contribution is -0.116. The van der Waals surface area contributed by atoms with E-state index in [0.717, 1.165) is 16.2 Å². The fraction of sp³-hybridized carbons (Fsp3) is 0.455. The first kappa shape index (κ1) is 21.3. The molecule has 1 amide bonds. The largest absolute Gasteiger partial charge is 0.493 e. The van der Waals surface area contributed by atoms with Crippen molar-refractivity contribution < 1.29 is 19.1 Å². The van der Waals surface area contributed by atoms with E-state index < -0.39 is 5.97 Å². The van der Waals surface area contributed by atoms with Crippen LogP contribution in [0.1, 0.15) is 54.9 Å². The van der Waals surface area contributed by atoms with Crippen molar-refractivity contribution in [2.24, 2.45) is 0 Å². The van der Waals surface area contributed by atoms with Gasteiger partial charge in [-0.15, -0.1) is 11.3 Å². The lowest BCUT2D eigenvalue weighted by Crippen LogP contribution is -2.55. The third-order valence-corrected chi connectivity index (χ3v) is 6.30. The smallest absolute Gasteiger partial charge is 0.341 e. The number of carbonyl (C=O) groups excluding carboxylic acids is 2. The van der Waals surface area contributed by atoms with Crippen LogP contribution in [0.2, 0.25) is 0 Å². The summed E-state index contributed by atoms with van der Waals surface area (Å²) in [5, 5.41) is 7.06. The van der Waals surface area contributed by atoms with Crippen LogP contribution in [0.15, 0.2) is 30.3 Å². The number of benzene rings is 1. The first-order valence-electron chi connectivity index (χ1n) is 9.64. The molecule has 0 saturated heterocycles. The van der Waals surface area contributed by atoms with E-state index in [-0.39, 0.29) is 30.0 Å². The third kappa shape index (κ3) is 4.79. The molecule has 3 rings (SSSR count). The second-order valence-electron chi connectivity index (χ2n) is 8.38. The van der Waals surface area contributed by atoms with Gasteiger partial charge in [-0.3, -0.25) is 4.79 Å². The van der Waals surface area contributed by atoms with Gasteiger partial charge in [0.05, 0.1) is 25.7 Å². The molecule has 0 fully saturated rings. The van der Waals surface area contributed by atoms with Crippen LogP contribution in [0, 0.1) is 0 Å². The molecule has 0 bridgehead atoms. The van der Waals surface area contributed by atoms with Gasteiger partial charge in [0.2, 0.25) is 5.91 Å². The van der Waals surface area contributed by atoms with Gasteiger partial charge in [-0.2, -0.15) is 0 Å². The Hall–Kier alpha value is -2.38. The molecule has 1 aliphatic rings. The molecule has 0 atom stereocenters. The molecule has 7 heteroatoms. The molecule has 0 radical (unpaired) electrons. The molecular formula is C22H28N2O4S. The first-order chi connectivity index (χ1) is 13.6. The Kier molecular flexibility index (Phi) is 6.00. The second-order valence-corrected chi connectivity index (χ2v) is 9.40. The molecular weight excluding hydrogens is 388 g/mol. The normalized spacial score (nSPS) is 16.6. The maximum atomic E-state index is 12.6. The SMILES string of the molecule is COC(=O)c1c(NC(=O)CCOc2ccccc2)sc2c1CC(C)(C)NC2(C)C. The first-order valence-corrected chi connectivity index (χ1v) is 10.5. The third-order valence-electron chi connectivity index (χ3n) is 4.83. The van der Waals surface area contributed by atoms with Crippen molar-refractivity contribution in [3.63, 3.8) is 0 Å². The number of ether oxygens (including phenoxy) is 2. The monoisotopic (exact) mass is 416 g/mol. The van der Waals surface area contributed by atoms with Gasteiger partial charge in [-0.05, 0) is 51.8 Å². The molecule has 1 aliphatic heterocycles. The van der Waals surface area contributed by atoms with Gasteiger partial charge in [0.15, 0.2) is 0 Å².